The molecule has 6 amide bonds. The number of hydrogen-bond acceptors (Lipinski definition) is 6. The van der Waals surface area contributed by atoms with Crippen LogP contribution in [-0.2, 0) is 9.59 Å². The molecule has 0 radical (unpaired) electrons. The fraction of sp³-hybridized carbons (Fsp3) is 0.308. The van der Waals surface area contributed by atoms with Crippen LogP contribution >= 0.6 is 0 Å². The maximum Gasteiger partial charge on any atom is 0.331 e. The van der Waals surface area contributed by atoms with Gasteiger partial charge < -0.3 is 5.32 Å². The van der Waals surface area contributed by atoms with Gasteiger partial charge in [0.15, 0.2) is 5.92 Å². The summed E-state index contributed by atoms with van der Waals surface area (Å²) in [6, 6.07) is 14.0. The highest BCUT2D eigenvalue weighted by Crippen LogP contribution is 2.47. The molecule has 0 spiro atoms. The third kappa shape index (κ3) is 4.61. The fourth-order valence-electron chi connectivity index (χ4n) is 5.31. The molecule has 10 heteroatoms. The molecule has 3 fully saturated rings. The number of nitrogens with one attached hydrogen (secondary N) is 3. The first-order valence-electron chi connectivity index (χ1n) is 11.9. The van der Waals surface area contributed by atoms with Crippen LogP contribution in [0.4, 0.5) is 10.5 Å². The lowest BCUT2D eigenvalue weighted by Crippen LogP contribution is -2.62. The second kappa shape index (κ2) is 9.73. The zero-order valence-electron chi connectivity index (χ0n) is 19.3. The van der Waals surface area contributed by atoms with Gasteiger partial charge in [-0.05, 0) is 67.5 Å². The molecule has 0 aromatic heterocycles. The molecule has 2 aliphatic carbocycles. The van der Waals surface area contributed by atoms with Gasteiger partial charge in [0, 0.05) is 29.1 Å². The topological polar surface area (TPSA) is 137 Å². The normalized spacial score (nSPS) is 25.2. The van der Waals surface area contributed by atoms with E-state index in [9.17, 15) is 24.0 Å². The number of benzene rings is 2. The molecule has 2 saturated carbocycles. The van der Waals surface area contributed by atoms with E-state index in [0.29, 0.717) is 17.2 Å². The van der Waals surface area contributed by atoms with Gasteiger partial charge in [0.05, 0.1) is 0 Å². The Morgan fingerprint density at radius 2 is 1.64 bits per heavy atom. The van der Waals surface area contributed by atoms with Crippen molar-refractivity contribution in [1.29, 1.82) is 0 Å². The summed E-state index contributed by atoms with van der Waals surface area (Å²) in [5.41, 5.74) is 3.59. The van der Waals surface area contributed by atoms with E-state index in [4.69, 9.17) is 0 Å². The first kappa shape index (κ1) is 23.4. The highest BCUT2D eigenvalue weighted by atomic mass is 16.2. The van der Waals surface area contributed by atoms with Crippen molar-refractivity contribution in [1.82, 2.24) is 15.6 Å². The Hall–Kier alpha value is -4.34. The van der Waals surface area contributed by atoms with Gasteiger partial charge in [-0.15, -0.1) is 0 Å². The van der Waals surface area contributed by atoms with Crippen molar-refractivity contribution < 1.29 is 24.0 Å². The van der Waals surface area contributed by atoms with E-state index in [1.165, 1.54) is 17.0 Å². The Balaban J connectivity index is 1.19. The summed E-state index contributed by atoms with van der Waals surface area (Å²) in [5.74, 6) is -2.71. The van der Waals surface area contributed by atoms with Crippen LogP contribution in [0.25, 0.3) is 0 Å². The van der Waals surface area contributed by atoms with Crippen LogP contribution in [0.3, 0.4) is 0 Å². The Kier molecular flexibility index (Phi) is 6.32. The molecule has 10 nitrogen and oxygen atoms in total. The highest BCUT2D eigenvalue weighted by Gasteiger charge is 2.50. The molecule has 2 aromatic rings. The molecule has 1 heterocycles. The van der Waals surface area contributed by atoms with Gasteiger partial charge in [0.25, 0.3) is 11.8 Å². The molecule has 2 bridgehead atoms. The molecular weight excluding hydrogens is 462 g/mol. The summed E-state index contributed by atoms with van der Waals surface area (Å²) < 4.78 is 0. The number of hydrogen-bond donors (Lipinski definition) is 3. The van der Waals surface area contributed by atoms with Crippen molar-refractivity contribution in [3.8, 4) is 0 Å². The third-order valence-electron chi connectivity index (χ3n) is 7.10. The van der Waals surface area contributed by atoms with Crippen molar-refractivity contribution in [3.63, 3.8) is 0 Å². The van der Waals surface area contributed by atoms with Crippen molar-refractivity contribution >= 4 is 41.6 Å². The number of anilines is 1. The number of imide groups is 2. The van der Waals surface area contributed by atoms with Crippen LogP contribution in [0.15, 0.2) is 59.7 Å². The number of barbiturate groups is 1. The molecule has 184 valence electrons. The number of rotatable bonds is 6. The van der Waals surface area contributed by atoms with Crippen LogP contribution in [-0.4, -0.2) is 46.8 Å². The lowest BCUT2D eigenvalue weighted by atomic mass is 9.92. The SMILES string of the molecule is O=C(N/N=C\[C@H]1C(=O)NC(=O)N([C@H]2C[C@H]3CC[C@H]2C3)C1=O)c1ccc(NC(=O)c2ccccc2)cc1. The molecular formula is C26H25N5O5. The number of amides is 6. The minimum atomic E-state index is -1.29. The molecule has 1 saturated heterocycles. The number of fused-ring (bicyclic) bond motifs is 2. The molecule has 3 N–H and O–H groups in total. The predicted octanol–water partition coefficient (Wildman–Crippen LogP) is 2.54. The average molecular weight is 488 g/mol. The van der Waals surface area contributed by atoms with E-state index in [2.05, 4.69) is 21.2 Å². The van der Waals surface area contributed by atoms with Gasteiger partial charge in [0.1, 0.15) is 0 Å². The lowest BCUT2D eigenvalue weighted by molar-refractivity contribution is -0.141. The second-order valence-corrected chi connectivity index (χ2v) is 9.34. The van der Waals surface area contributed by atoms with E-state index in [1.54, 1.807) is 36.4 Å². The largest absolute Gasteiger partial charge is 0.331 e. The molecule has 36 heavy (non-hydrogen) atoms. The maximum atomic E-state index is 13.0. The molecule has 2 aromatic carbocycles. The van der Waals surface area contributed by atoms with E-state index < -0.39 is 29.7 Å². The minimum Gasteiger partial charge on any atom is -0.322 e. The van der Waals surface area contributed by atoms with Gasteiger partial charge >= 0.3 is 6.03 Å². The summed E-state index contributed by atoms with van der Waals surface area (Å²) in [6.45, 7) is 0. The van der Waals surface area contributed by atoms with Crippen molar-refractivity contribution in [3.05, 3.63) is 65.7 Å². The number of hydrazone groups is 1. The molecule has 1 aliphatic heterocycles. The number of carbonyl (C=O) groups is 5. The van der Waals surface area contributed by atoms with Crippen LogP contribution in [0, 0.1) is 17.8 Å². The monoisotopic (exact) mass is 487 g/mol. The van der Waals surface area contributed by atoms with E-state index in [1.807, 2.05) is 6.07 Å². The van der Waals surface area contributed by atoms with Gasteiger partial charge in [-0.25, -0.2) is 10.2 Å². The summed E-state index contributed by atoms with van der Waals surface area (Å²) >= 11 is 0. The summed E-state index contributed by atoms with van der Waals surface area (Å²) in [7, 11) is 0. The summed E-state index contributed by atoms with van der Waals surface area (Å²) in [6.07, 6.45) is 4.90. The number of carbonyl (C=O) groups excluding carboxylic acids is 5. The van der Waals surface area contributed by atoms with Gasteiger partial charge in [-0.2, -0.15) is 5.10 Å². The van der Waals surface area contributed by atoms with E-state index in [-0.39, 0.29) is 23.4 Å². The van der Waals surface area contributed by atoms with E-state index >= 15 is 0 Å². The highest BCUT2D eigenvalue weighted by molar-refractivity contribution is 6.23. The zero-order chi connectivity index (χ0) is 25.2. The minimum absolute atomic E-state index is 0.198. The zero-order valence-corrected chi connectivity index (χ0v) is 19.3. The Labute approximate surface area is 207 Å². The Morgan fingerprint density at radius 3 is 2.31 bits per heavy atom. The van der Waals surface area contributed by atoms with Gasteiger partial charge in [0.2, 0.25) is 11.8 Å². The van der Waals surface area contributed by atoms with Gasteiger partial charge in [-0.1, -0.05) is 24.6 Å². The van der Waals surface area contributed by atoms with Crippen LogP contribution in [0.5, 0.6) is 0 Å². The molecule has 4 atom stereocenters. The summed E-state index contributed by atoms with van der Waals surface area (Å²) in [4.78, 5) is 63.6. The van der Waals surface area contributed by atoms with Crippen molar-refractivity contribution in [2.75, 3.05) is 5.32 Å². The first-order chi connectivity index (χ1) is 17.4. The van der Waals surface area contributed by atoms with Crippen LogP contribution in [0.1, 0.15) is 46.4 Å². The van der Waals surface area contributed by atoms with Crippen molar-refractivity contribution in [2.45, 2.75) is 31.7 Å². The molecule has 0 unspecified atom stereocenters. The maximum absolute atomic E-state index is 13.0. The Morgan fingerprint density at radius 1 is 0.917 bits per heavy atom. The standard InChI is InChI=1S/C26H25N5O5/c32-22(16-4-2-1-3-5-16)28-19-10-8-17(9-11-19)23(33)30-27-14-20-24(34)29-26(36)31(25(20)35)21-13-15-6-7-18(21)12-15/h1-5,8-11,14-15,18,20-21H,6-7,12-13H2,(H,28,32)(H,30,33)(H,29,34,36)/b27-14-/t15-,18-,20-,21-/m0/s1. The Bertz CT molecular complexity index is 1240. The number of urea groups is 1. The third-order valence-corrected chi connectivity index (χ3v) is 7.10. The van der Waals surface area contributed by atoms with Crippen molar-refractivity contribution in [2.24, 2.45) is 22.9 Å². The molecule has 3 aliphatic rings. The summed E-state index contributed by atoms with van der Waals surface area (Å²) in [5, 5.41) is 8.79. The predicted molar refractivity (Wildman–Crippen MR) is 130 cm³/mol. The second-order valence-electron chi connectivity index (χ2n) is 9.34. The molecule has 5 rings (SSSR count). The van der Waals surface area contributed by atoms with Crippen LogP contribution in [0.2, 0.25) is 0 Å². The first-order valence-corrected chi connectivity index (χ1v) is 11.9. The number of nitrogens with zero attached hydrogens (tertiary/aromatic N) is 2. The quantitative estimate of drug-likeness (QED) is 0.327. The lowest BCUT2D eigenvalue weighted by Gasteiger charge is -2.36. The van der Waals surface area contributed by atoms with Crippen LogP contribution < -0.4 is 16.1 Å². The fourth-order valence-corrected chi connectivity index (χ4v) is 5.31. The average Bonchev–Trinajstić information content (AvgIpc) is 3.51. The van der Waals surface area contributed by atoms with E-state index in [0.717, 1.165) is 31.9 Å². The smallest absolute Gasteiger partial charge is 0.322 e. The van der Waals surface area contributed by atoms with Gasteiger partial charge in [-0.3, -0.25) is 29.4 Å².